The second-order valence-electron chi connectivity index (χ2n) is 6.83. The van der Waals surface area contributed by atoms with E-state index in [4.69, 9.17) is 17.0 Å². The molecule has 6 nitrogen and oxygen atoms in total. The molecular weight excluding hydrogens is 358 g/mol. The minimum absolute atomic E-state index is 0.440. The lowest BCUT2D eigenvalue weighted by Crippen LogP contribution is -2.51. The van der Waals surface area contributed by atoms with Gasteiger partial charge in [-0.15, -0.1) is 0 Å². The molecule has 0 atom stereocenters. The Morgan fingerprint density at radius 2 is 1.80 bits per heavy atom. The molecule has 2 saturated heterocycles. The summed E-state index contributed by atoms with van der Waals surface area (Å²) in [5.74, 6) is 0. The molecule has 4 rings (SSSR count). The third kappa shape index (κ3) is 3.40. The van der Waals surface area contributed by atoms with Crippen molar-refractivity contribution in [3.05, 3.63) is 29.3 Å². The second-order valence-corrected chi connectivity index (χ2v) is 9.11. The van der Waals surface area contributed by atoms with Crippen molar-refractivity contribution >= 4 is 27.4 Å². The Labute approximate surface area is 154 Å². The number of benzene rings is 1. The van der Waals surface area contributed by atoms with Gasteiger partial charge in [0.2, 0.25) is 10.0 Å². The van der Waals surface area contributed by atoms with E-state index in [1.165, 1.54) is 11.1 Å². The number of nitrogens with zero attached hydrogens (tertiary/aromatic N) is 3. The number of hydrogen-bond acceptors (Lipinski definition) is 5. The molecular formula is C17H23N3O3S2. The Morgan fingerprint density at radius 3 is 2.52 bits per heavy atom. The van der Waals surface area contributed by atoms with Crippen molar-refractivity contribution in [1.29, 1.82) is 0 Å². The molecule has 0 saturated carbocycles. The van der Waals surface area contributed by atoms with Crippen LogP contribution in [-0.4, -0.2) is 73.7 Å². The molecule has 2 aliphatic heterocycles. The topological polar surface area (TPSA) is 53.1 Å². The molecule has 0 spiro atoms. The Morgan fingerprint density at radius 1 is 1.04 bits per heavy atom. The van der Waals surface area contributed by atoms with E-state index < -0.39 is 10.0 Å². The molecule has 0 N–H and O–H groups in total. The predicted octanol–water partition coefficient (Wildman–Crippen LogP) is 1.06. The molecule has 1 aromatic rings. The van der Waals surface area contributed by atoms with E-state index in [0.717, 1.165) is 25.8 Å². The monoisotopic (exact) mass is 381 g/mol. The highest BCUT2D eigenvalue weighted by Gasteiger charge is 2.30. The Bertz CT molecular complexity index is 773. The highest BCUT2D eigenvalue weighted by atomic mass is 32.2. The molecule has 0 amide bonds. The van der Waals surface area contributed by atoms with Gasteiger partial charge in [0, 0.05) is 26.2 Å². The first-order valence-corrected chi connectivity index (χ1v) is 10.6. The summed E-state index contributed by atoms with van der Waals surface area (Å²) in [5.41, 5.74) is 2.50. The predicted molar refractivity (Wildman–Crippen MR) is 98.9 cm³/mol. The smallest absolute Gasteiger partial charge is 0.260 e. The first-order chi connectivity index (χ1) is 12.0. The van der Waals surface area contributed by atoms with Gasteiger partial charge in [0.05, 0.1) is 18.1 Å². The van der Waals surface area contributed by atoms with E-state index >= 15 is 0 Å². The Hall–Kier alpha value is -1.22. The van der Waals surface area contributed by atoms with Crippen LogP contribution in [0.15, 0.2) is 23.1 Å². The zero-order chi connectivity index (χ0) is 17.4. The second kappa shape index (κ2) is 6.83. The first kappa shape index (κ1) is 17.2. The van der Waals surface area contributed by atoms with Gasteiger partial charge >= 0.3 is 0 Å². The first-order valence-electron chi connectivity index (χ1n) is 8.80. The molecule has 0 aromatic heterocycles. The van der Waals surface area contributed by atoms with Crippen molar-refractivity contribution in [1.82, 2.24) is 14.1 Å². The molecule has 136 valence electrons. The van der Waals surface area contributed by atoms with Crippen LogP contribution in [0.5, 0.6) is 0 Å². The van der Waals surface area contributed by atoms with Crippen LogP contribution in [0.4, 0.5) is 0 Å². The molecule has 0 unspecified atom stereocenters. The number of ether oxygens (including phenoxy) is 1. The molecule has 2 fully saturated rings. The summed E-state index contributed by atoms with van der Waals surface area (Å²) in [5, 5.41) is 0.549. The molecule has 1 aliphatic carbocycles. The van der Waals surface area contributed by atoms with Gasteiger partial charge < -0.3 is 9.64 Å². The number of fused-ring (bicyclic) bond motifs is 1. The number of thiocarbonyl (C=S) groups is 1. The standard InChI is InChI=1S/C17H23N3O3S2/c21-25(22,16-5-4-14-2-1-3-15(14)12-16)20-8-6-18(7-9-20)13-19-10-11-23-17(19)24/h4-5,12H,1-3,6-11,13H2. The summed E-state index contributed by atoms with van der Waals surface area (Å²) in [7, 11) is -3.40. The summed E-state index contributed by atoms with van der Waals surface area (Å²) < 4.78 is 32.8. The lowest BCUT2D eigenvalue weighted by molar-refractivity contribution is 0.142. The average molecular weight is 382 g/mol. The van der Waals surface area contributed by atoms with Crippen LogP contribution >= 0.6 is 12.2 Å². The molecule has 25 heavy (non-hydrogen) atoms. The van der Waals surface area contributed by atoms with Gasteiger partial charge in [-0.05, 0) is 54.7 Å². The summed E-state index contributed by atoms with van der Waals surface area (Å²) >= 11 is 5.17. The SMILES string of the molecule is O=S(=O)(c1ccc2c(c1)CCC2)N1CCN(CN2CCOC2=S)CC1. The number of piperazine rings is 1. The molecule has 3 aliphatic rings. The fraction of sp³-hybridized carbons (Fsp3) is 0.588. The molecule has 8 heteroatoms. The maximum absolute atomic E-state index is 12.9. The van der Waals surface area contributed by atoms with Crippen LogP contribution in [0.25, 0.3) is 0 Å². The van der Waals surface area contributed by atoms with E-state index in [1.54, 1.807) is 10.4 Å². The highest BCUT2D eigenvalue weighted by Crippen LogP contribution is 2.26. The summed E-state index contributed by atoms with van der Waals surface area (Å²) in [6.07, 6.45) is 3.18. The molecule has 2 heterocycles. The molecule has 0 radical (unpaired) electrons. The van der Waals surface area contributed by atoms with E-state index in [1.807, 2.05) is 17.0 Å². The number of sulfonamides is 1. The van der Waals surface area contributed by atoms with E-state index in [2.05, 4.69) is 4.90 Å². The Balaban J connectivity index is 1.40. The maximum Gasteiger partial charge on any atom is 0.260 e. The van der Waals surface area contributed by atoms with E-state index in [-0.39, 0.29) is 0 Å². The summed E-state index contributed by atoms with van der Waals surface area (Å²) in [6.45, 7) is 4.62. The van der Waals surface area contributed by atoms with Crippen LogP contribution in [-0.2, 0) is 27.6 Å². The van der Waals surface area contributed by atoms with Crippen molar-refractivity contribution in [3.63, 3.8) is 0 Å². The van der Waals surface area contributed by atoms with Crippen molar-refractivity contribution in [2.24, 2.45) is 0 Å². The van der Waals surface area contributed by atoms with Gasteiger partial charge in [0.15, 0.2) is 0 Å². The van der Waals surface area contributed by atoms with Gasteiger partial charge in [-0.1, -0.05) is 6.07 Å². The summed E-state index contributed by atoms with van der Waals surface area (Å²) in [4.78, 5) is 4.70. The van der Waals surface area contributed by atoms with Crippen LogP contribution < -0.4 is 0 Å². The fourth-order valence-corrected chi connectivity index (χ4v) is 5.47. The number of rotatable bonds is 4. The zero-order valence-corrected chi connectivity index (χ0v) is 15.8. The third-order valence-electron chi connectivity index (χ3n) is 5.25. The average Bonchev–Trinajstić information content (AvgIpc) is 3.24. The zero-order valence-electron chi connectivity index (χ0n) is 14.2. The largest absolute Gasteiger partial charge is 0.469 e. The van der Waals surface area contributed by atoms with Crippen LogP contribution in [0, 0.1) is 0 Å². The fourth-order valence-electron chi connectivity index (χ4n) is 3.76. The quantitative estimate of drug-likeness (QED) is 0.727. The molecule has 0 bridgehead atoms. The van der Waals surface area contributed by atoms with Gasteiger partial charge in [-0.2, -0.15) is 4.31 Å². The van der Waals surface area contributed by atoms with Crippen molar-refractivity contribution < 1.29 is 13.2 Å². The van der Waals surface area contributed by atoms with Crippen molar-refractivity contribution in [3.8, 4) is 0 Å². The van der Waals surface area contributed by atoms with Crippen LogP contribution in [0.3, 0.4) is 0 Å². The summed E-state index contributed by atoms with van der Waals surface area (Å²) in [6, 6.07) is 5.63. The minimum Gasteiger partial charge on any atom is -0.469 e. The van der Waals surface area contributed by atoms with E-state index in [9.17, 15) is 8.42 Å². The normalized spacial score (nSPS) is 22.2. The van der Waals surface area contributed by atoms with Crippen LogP contribution in [0.2, 0.25) is 0 Å². The van der Waals surface area contributed by atoms with Gasteiger partial charge in [-0.25, -0.2) is 8.42 Å². The maximum atomic E-state index is 12.9. The molecule has 1 aromatic carbocycles. The Kier molecular flexibility index (Phi) is 4.70. The lowest BCUT2D eigenvalue weighted by atomic mass is 10.1. The number of aryl methyl sites for hydroxylation is 2. The van der Waals surface area contributed by atoms with Gasteiger partial charge in [0.25, 0.3) is 5.17 Å². The van der Waals surface area contributed by atoms with E-state index in [0.29, 0.717) is 49.5 Å². The number of hydrogen-bond donors (Lipinski definition) is 0. The minimum atomic E-state index is -3.40. The van der Waals surface area contributed by atoms with Crippen molar-refractivity contribution in [2.45, 2.75) is 24.2 Å². The third-order valence-corrected chi connectivity index (χ3v) is 7.53. The lowest BCUT2D eigenvalue weighted by Gasteiger charge is -2.35. The van der Waals surface area contributed by atoms with Gasteiger partial charge in [-0.3, -0.25) is 4.90 Å². The van der Waals surface area contributed by atoms with Crippen LogP contribution in [0.1, 0.15) is 17.5 Å². The van der Waals surface area contributed by atoms with Crippen molar-refractivity contribution in [2.75, 3.05) is 46.0 Å². The highest BCUT2D eigenvalue weighted by molar-refractivity contribution is 7.89. The van der Waals surface area contributed by atoms with Gasteiger partial charge in [0.1, 0.15) is 6.61 Å².